The lowest BCUT2D eigenvalue weighted by molar-refractivity contribution is 0.414. The van der Waals surface area contributed by atoms with Crippen molar-refractivity contribution < 1.29 is 13.5 Å². The minimum absolute atomic E-state index is 0.227. The SMILES string of the molecule is COc1cccc(-n2c(=O)n(Cc3c(F)cccc3F)c3cnc(Nc4ccc(Cl)cc4)nc32)c1. The van der Waals surface area contributed by atoms with E-state index in [0.29, 0.717) is 27.7 Å². The third-order valence-electron chi connectivity index (χ3n) is 5.46. The van der Waals surface area contributed by atoms with Gasteiger partial charge in [-0.1, -0.05) is 23.7 Å². The second-order valence-corrected chi connectivity index (χ2v) is 8.08. The third-order valence-corrected chi connectivity index (χ3v) is 5.72. The third kappa shape index (κ3) is 4.33. The topological polar surface area (TPSA) is 74.0 Å². The Kier molecular flexibility index (Phi) is 5.92. The number of hydrogen-bond acceptors (Lipinski definition) is 5. The van der Waals surface area contributed by atoms with Gasteiger partial charge in [0.1, 0.15) is 22.9 Å². The fourth-order valence-corrected chi connectivity index (χ4v) is 3.86. The number of aromatic nitrogens is 4. The Bertz CT molecular complexity index is 1580. The van der Waals surface area contributed by atoms with E-state index in [1.54, 1.807) is 48.5 Å². The van der Waals surface area contributed by atoms with E-state index in [2.05, 4.69) is 15.3 Å². The van der Waals surface area contributed by atoms with Crippen molar-refractivity contribution in [3.05, 3.63) is 106 Å². The molecule has 1 N–H and O–H groups in total. The minimum atomic E-state index is -0.749. The summed E-state index contributed by atoms with van der Waals surface area (Å²) >= 11 is 5.95. The molecule has 0 aliphatic carbocycles. The summed E-state index contributed by atoms with van der Waals surface area (Å²) in [7, 11) is 1.52. The van der Waals surface area contributed by atoms with Crippen LogP contribution >= 0.6 is 11.6 Å². The van der Waals surface area contributed by atoms with Crippen LogP contribution in [0.15, 0.2) is 77.7 Å². The molecule has 5 aromatic rings. The molecule has 5 rings (SSSR count). The van der Waals surface area contributed by atoms with E-state index in [1.165, 1.54) is 28.5 Å². The first-order valence-corrected chi connectivity index (χ1v) is 10.9. The van der Waals surface area contributed by atoms with Crippen LogP contribution in [0.25, 0.3) is 16.9 Å². The van der Waals surface area contributed by atoms with Gasteiger partial charge in [0.05, 0.1) is 25.5 Å². The first kappa shape index (κ1) is 22.5. The van der Waals surface area contributed by atoms with Gasteiger partial charge in [-0.05, 0) is 48.5 Å². The van der Waals surface area contributed by atoms with E-state index >= 15 is 0 Å². The van der Waals surface area contributed by atoms with Gasteiger partial charge in [0, 0.05) is 22.3 Å². The number of nitrogens with one attached hydrogen (secondary N) is 1. The molecular weight excluding hydrogens is 476 g/mol. The van der Waals surface area contributed by atoms with Crippen LogP contribution in [0.4, 0.5) is 20.4 Å². The molecule has 0 saturated carbocycles. The van der Waals surface area contributed by atoms with Gasteiger partial charge in [-0.2, -0.15) is 4.98 Å². The average molecular weight is 494 g/mol. The van der Waals surface area contributed by atoms with Gasteiger partial charge in [-0.25, -0.2) is 23.1 Å². The molecule has 0 aliphatic rings. The summed E-state index contributed by atoms with van der Waals surface area (Å²) in [6, 6.07) is 17.4. The van der Waals surface area contributed by atoms with Crippen molar-refractivity contribution in [2.75, 3.05) is 12.4 Å². The van der Waals surface area contributed by atoms with E-state index in [0.717, 1.165) is 12.1 Å². The number of hydrogen-bond donors (Lipinski definition) is 1. The maximum absolute atomic E-state index is 14.4. The van der Waals surface area contributed by atoms with Crippen molar-refractivity contribution in [3.63, 3.8) is 0 Å². The molecule has 176 valence electrons. The van der Waals surface area contributed by atoms with Crippen LogP contribution in [-0.2, 0) is 6.54 Å². The van der Waals surface area contributed by atoms with Crippen molar-refractivity contribution in [1.82, 2.24) is 19.1 Å². The van der Waals surface area contributed by atoms with Gasteiger partial charge < -0.3 is 10.1 Å². The monoisotopic (exact) mass is 493 g/mol. The van der Waals surface area contributed by atoms with E-state index < -0.39 is 17.3 Å². The van der Waals surface area contributed by atoms with Crippen molar-refractivity contribution >= 4 is 34.4 Å². The Hall–Kier alpha value is -4.24. The quantitative estimate of drug-likeness (QED) is 0.347. The smallest absolute Gasteiger partial charge is 0.335 e. The number of imidazole rings is 1. The summed E-state index contributed by atoms with van der Waals surface area (Å²) in [6.07, 6.45) is 1.44. The summed E-state index contributed by atoms with van der Waals surface area (Å²) in [5.74, 6) is -0.739. The van der Waals surface area contributed by atoms with Gasteiger partial charge in [0.25, 0.3) is 0 Å². The molecule has 0 fully saturated rings. The number of rotatable bonds is 6. The van der Waals surface area contributed by atoms with Gasteiger partial charge in [0.2, 0.25) is 5.95 Å². The lowest BCUT2D eigenvalue weighted by atomic mass is 10.2. The Morgan fingerprint density at radius 3 is 2.46 bits per heavy atom. The van der Waals surface area contributed by atoms with Crippen molar-refractivity contribution in [1.29, 1.82) is 0 Å². The Morgan fingerprint density at radius 2 is 1.74 bits per heavy atom. The van der Waals surface area contributed by atoms with Crippen LogP contribution in [0.1, 0.15) is 5.56 Å². The highest BCUT2D eigenvalue weighted by Gasteiger charge is 2.20. The van der Waals surface area contributed by atoms with E-state index in [-0.39, 0.29) is 23.7 Å². The molecule has 0 atom stereocenters. The highest BCUT2D eigenvalue weighted by atomic mass is 35.5. The number of halogens is 3. The second-order valence-electron chi connectivity index (χ2n) is 7.64. The molecule has 3 aromatic carbocycles. The molecule has 0 saturated heterocycles. The maximum atomic E-state index is 14.4. The van der Waals surface area contributed by atoms with Crippen LogP contribution in [0.2, 0.25) is 5.02 Å². The van der Waals surface area contributed by atoms with Crippen LogP contribution in [0, 0.1) is 11.6 Å². The summed E-state index contributed by atoms with van der Waals surface area (Å²) in [5.41, 5.74) is 0.963. The van der Waals surface area contributed by atoms with E-state index in [9.17, 15) is 13.6 Å². The van der Waals surface area contributed by atoms with Crippen LogP contribution in [0.5, 0.6) is 5.75 Å². The fourth-order valence-electron chi connectivity index (χ4n) is 3.73. The highest BCUT2D eigenvalue weighted by Crippen LogP contribution is 2.23. The van der Waals surface area contributed by atoms with Crippen LogP contribution < -0.4 is 15.7 Å². The number of benzene rings is 3. The lowest BCUT2D eigenvalue weighted by Gasteiger charge is -2.07. The zero-order chi connectivity index (χ0) is 24.5. The molecule has 0 bridgehead atoms. The number of fused-ring (bicyclic) bond motifs is 1. The summed E-state index contributed by atoms with van der Waals surface area (Å²) in [4.78, 5) is 22.4. The predicted octanol–water partition coefficient (Wildman–Crippen LogP) is 5.31. The molecule has 2 heterocycles. The van der Waals surface area contributed by atoms with Crippen molar-refractivity contribution in [3.8, 4) is 11.4 Å². The number of anilines is 2. The Balaban J connectivity index is 1.69. The highest BCUT2D eigenvalue weighted by molar-refractivity contribution is 6.30. The fraction of sp³-hybridized carbons (Fsp3) is 0.0800. The zero-order valence-corrected chi connectivity index (χ0v) is 19.1. The summed E-state index contributed by atoms with van der Waals surface area (Å²) in [6.45, 7) is -0.335. The van der Waals surface area contributed by atoms with E-state index in [4.69, 9.17) is 16.3 Å². The Labute approximate surface area is 203 Å². The maximum Gasteiger partial charge on any atom is 0.335 e. The first-order valence-electron chi connectivity index (χ1n) is 10.5. The van der Waals surface area contributed by atoms with Crippen LogP contribution in [-0.4, -0.2) is 26.2 Å². The van der Waals surface area contributed by atoms with Crippen LogP contribution in [0.3, 0.4) is 0 Å². The molecule has 0 spiro atoms. The molecule has 10 heteroatoms. The molecule has 0 unspecified atom stereocenters. The molecule has 2 aromatic heterocycles. The van der Waals surface area contributed by atoms with E-state index in [1.807, 2.05) is 0 Å². The van der Waals surface area contributed by atoms with Crippen molar-refractivity contribution in [2.24, 2.45) is 0 Å². The van der Waals surface area contributed by atoms with Gasteiger partial charge in [-0.3, -0.25) is 4.57 Å². The molecule has 0 amide bonds. The summed E-state index contributed by atoms with van der Waals surface area (Å²) < 4.78 is 36.7. The predicted molar refractivity (Wildman–Crippen MR) is 130 cm³/mol. The van der Waals surface area contributed by atoms with Gasteiger partial charge in [0.15, 0.2) is 5.65 Å². The minimum Gasteiger partial charge on any atom is -0.497 e. The molecule has 0 radical (unpaired) electrons. The summed E-state index contributed by atoms with van der Waals surface area (Å²) in [5, 5.41) is 3.65. The number of ether oxygens (including phenoxy) is 1. The Morgan fingerprint density at radius 1 is 1.03 bits per heavy atom. The average Bonchev–Trinajstić information content (AvgIpc) is 3.13. The van der Waals surface area contributed by atoms with Crippen molar-refractivity contribution in [2.45, 2.75) is 6.54 Å². The molecule has 0 aliphatic heterocycles. The standard InChI is InChI=1S/C25H18ClF2N5O2/c1-35-18-5-2-4-17(12-18)33-23-22(13-29-24(31-23)30-16-10-8-15(26)9-11-16)32(25(33)34)14-19-20(27)6-3-7-21(19)28/h2-13H,14H2,1H3,(H,29,30,31). The molecular formula is C25H18ClF2N5O2. The number of nitrogens with zero attached hydrogens (tertiary/aromatic N) is 4. The molecule has 7 nitrogen and oxygen atoms in total. The first-order chi connectivity index (χ1) is 16.9. The normalized spacial score (nSPS) is 11.1. The second kappa shape index (κ2) is 9.19. The van der Waals surface area contributed by atoms with Gasteiger partial charge >= 0.3 is 5.69 Å². The number of methoxy groups -OCH3 is 1. The lowest BCUT2D eigenvalue weighted by Crippen LogP contribution is -2.24. The largest absolute Gasteiger partial charge is 0.497 e. The zero-order valence-electron chi connectivity index (χ0n) is 18.4. The molecule has 35 heavy (non-hydrogen) atoms. The van der Waals surface area contributed by atoms with Gasteiger partial charge in [-0.15, -0.1) is 0 Å².